The van der Waals surface area contributed by atoms with Gasteiger partial charge in [0.1, 0.15) is 5.82 Å². The minimum absolute atomic E-state index is 0.107. The Bertz CT molecular complexity index is 343. The molecule has 4 heteroatoms. The van der Waals surface area contributed by atoms with E-state index in [0.717, 1.165) is 17.2 Å². The lowest BCUT2D eigenvalue weighted by molar-refractivity contribution is 0.0754. The molecule has 0 aromatic carbocycles. The minimum atomic E-state index is -0.107. The van der Waals surface area contributed by atoms with Gasteiger partial charge in [0.15, 0.2) is 0 Å². The van der Waals surface area contributed by atoms with Gasteiger partial charge in [-0.2, -0.15) is 0 Å². The number of imidazole rings is 1. The second-order valence-electron chi connectivity index (χ2n) is 4.28. The van der Waals surface area contributed by atoms with Crippen molar-refractivity contribution < 1.29 is 4.74 Å². The molecule has 2 heterocycles. The molecule has 2 N–H and O–H groups in total. The molecule has 0 aliphatic carbocycles. The van der Waals surface area contributed by atoms with Gasteiger partial charge in [0, 0.05) is 0 Å². The molecule has 0 spiro atoms. The van der Waals surface area contributed by atoms with E-state index in [1.54, 1.807) is 0 Å². The molecule has 2 rings (SSSR count). The number of hydrogen-bond donors (Lipinski definition) is 2. The van der Waals surface area contributed by atoms with Crippen molar-refractivity contribution in [2.45, 2.75) is 39.0 Å². The zero-order valence-corrected chi connectivity index (χ0v) is 9.14. The standard InChI is InChI=1S/C10H17N3O/c1-6-8-7(5-14-6)12-9(13-8)10(2,3)11-4/h6,11H,5H2,1-4H3,(H,12,13). The largest absolute Gasteiger partial charge is 0.366 e. The van der Waals surface area contributed by atoms with E-state index >= 15 is 0 Å². The van der Waals surface area contributed by atoms with Crippen molar-refractivity contribution in [3.05, 3.63) is 17.2 Å². The molecule has 4 nitrogen and oxygen atoms in total. The normalized spacial score (nSPS) is 21.3. The maximum absolute atomic E-state index is 5.45. The Kier molecular flexibility index (Phi) is 2.12. The predicted octanol–water partition coefficient (Wildman–Crippen LogP) is 1.46. The van der Waals surface area contributed by atoms with Crippen molar-refractivity contribution in [1.29, 1.82) is 0 Å². The van der Waals surface area contributed by atoms with Crippen LogP contribution in [0.5, 0.6) is 0 Å². The smallest absolute Gasteiger partial charge is 0.126 e. The van der Waals surface area contributed by atoms with E-state index in [1.165, 1.54) is 0 Å². The highest BCUT2D eigenvalue weighted by Gasteiger charge is 2.29. The van der Waals surface area contributed by atoms with E-state index in [9.17, 15) is 0 Å². The summed E-state index contributed by atoms with van der Waals surface area (Å²) in [7, 11) is 1.94. The van der Waals surface area contributed by atoms with E-state index in [4.69, 9.17) is 4.74 Å². The van der Waals surface area contributed by atoms with E-state index in [1.807, 2.05) is 14.0 Å². The SMILES string of the molecule is CNC(C)(C)c1nc2c([nH]1)COC2C. The van der Waals surface area contributed by atoms with Crippen LogP contribution in [0.15, 0.2) is 0 Å². The molecule has 0 amide bonds. The lowest BCUT2D eigenvalue weighted by Crippen LogP contribution is -2.34. The van der Waals surface area contributed by atoms with Crippen LogP contribution in [0.3, 0.4) is 0 Å². The van der Waals surface area contributed by atoms with Gasteiger partial charge in [-0.3, -0.25) is 0 Å². The molecule has 0 fully saturated rings. The van der Waals surface area contributed by atoms with Crippen LogP contribution < -0.4 is 5.32 Å². The molecule has 1 aliphatic rings. The van der Waals surface area contributed by atoms with Gasteiger partial charge in [-0.05, 0) is 27.8 Å². The van der Waals surface area contributed by atoms with Gasteiger partial charge < -0.3 is 15.0 Å². The number of nitrogens with zero attached hydrogens (tertiary/aromatic N) is 1. The van der Waals surface area contributed by atoms with E-state index < -0.39 is 0 Å². The Morgan fingerprint density at radius 2 is 2.29 bits per heavy atom. The number of hydrogen-bond acceptors (Lipinski definition) is 3. The number of nitrogens with one attached hydrogen (secondary N) is 2. The summed E-state index contributed by atoms with van der Waals surface area (Å²) in [4.78, 5) is 7.89. The number of rotatable bonds is 2. The van der Waals surface area contributed by atoms with Crippen LogP contribution in [0.4, 0.5) is 0 Å². The molecule has 0 saturated carbocycles. The molecular weight excluding hydrogens is 178 g/mol. The van der Waals surface area contributed by atoms with Crippen molar-refractivity contribution in [1.82, 2.24) is 15.3 Å². The molecule has 0 saturated heterocycles. The molecule has 1 unspecified atom stereocenters. The summed E-state index contributed by atoms with van der Waals surface area (Å²) in [6.07, 6.45) is 0.127. The van der Waals surface area contributed by atoms with Gasteiger partial charge in [-0.25, -0.2) is 4.98 Å². The minimum Gasteiger partial charge on any atom is -0.366 e. The van der Waals surface area contributed by atoms with Crippen molar-refractivity contribution in [2.75, 3.05) is 7.05 Å². The first kappa shape index (κ1) is 9.68. The number of H-pyrrole nitrogens is 1. The van der Waals surface area contributed by atoms with Crippen LogP contribution in [-0.4, -0.2) is 17.0 Å². The first-order chi connectivity index (χ1) is 6.54. The quantitative estimate of drug-likeness (QED) is 0.751. The summed E-state index contributed by atoms with van der Waals surface area (Å²) in [6, 6.07) is 0. The molecule has 1 aliphatic heterocycles. The Morgan fingerprint density at radius 3 is 2.86 bits per heavy atom. The van der Waals surface area contributed by atoms with Crippen LogP contribution in [0.2, 0.25) is 0 Å². The second-order valence-corrected chi connectivity index (χ2v) is 4.28. The lowest BCUT2D eigenvalue weighted by atomic mass is 10.1. The Labute approximate surface area is 84.1 Å². The first-order valence-electron chi connectivity index (χ1n) is 4.94. The number of fused-ring (bicyclic) bond motifs is 1. The average molecular weight is 195 g/mol. The number of ether oxygens (including phenoxy) is 1. The van der Waals surface area contributed by atoms with Crippen molar-refractivity contribution in [3.63, 3.8) is 0 Å². The number of aromatic amines is 1. The summed E-state index contributed by atoms with van der Waals surface area (Å²) in [5.74, 6) is 0.986. The van der Waals surface area contributed by atoms with Crippen LogP contribution >= 0.6 is 0 Å². The lowest BCUT2D eigenvalue weighted by Gasteiger charge is -2.21. The molecule has 78 valence electrons. The summed E-state index contributed by atoms with van der Waals surface area (Å²) in [5.41, 5.74) is 2.07. The molecule has 0 bridgehead atoms. The highest BCUT2D eigenvalue weighted by Crippen LogP contribution is 2.30. The van der Waals surface area contributed by atoms with Gasteiger partial charge in [-0.15, -0.1) is 0 Å². The zero-order chi connectivity index (χ0) is 10.3. The first-order valence-corrected chi connectivity index (χ1v) is 4.94. The third kappa shape index (κ3) is 1.35. The monoisotopic (exact) mass is 195 g/mol. The molecule has 1 aromatic heterocycles. The van der Waals surface area contributed by atoms with Gasteiger partial charge in [0.25, 0.3) is 0 Å². The fraction of sp³-hybridized carbons (Fsp3) is 0.700. The van der Waals surface area contributed by atoms with E-state index in [2.05, 4.69) is 29.1 Å². The Balaban J connectivity index is 2.36. The average Bonchev–Trinajstić information content (AvgIpc) is 2.69. The number of aromatic nitrogens is 2. The van der Waals surface area contributed by atoms with Gasteiger partial charge in [0.2, 0.25) is 0 Å². The third-order valence-electron chi connectivity index (χ3n) is 2.89. The van der Waals surface area contributed by atoms with Crippen LogP contribution in [0, 0.1) is 0 Å². The molecule has 0 radical (unpaired) electrons. The fourth-order valence-electron chi connectivity index (χ4n) is 1.57. The van der Waals surface area contributed by atoms with Gasteiger partial charge >= 0.3 is 0 Å². The molecule has 1 aromatic rings. The van der Waals surface area contributed by atoms with Crippen LogP contribution in [0.25, 0.3) is 0 Å². The zero-order valence-electron chi connectivity index (χ0n) is 9.14. The molecule has 1 atom stereocenters. The van der Waals surface area contributed by atoms with E-state index in [-0.39, 0.29) is 11.6 Å². The summed E-state index contributed by atoms with van der Waals surface area (Å²) in [6.45, 7) is 6.89. The maximum Gasteiger partial charge on any atom is 0.126 e. The summed E-state index contributed by atoms with van der Waals surface area (Å²) >= 11 is 0. The second kappa shape index (κ2) is 3.07. The molecular formula is C10H17N3O. The summed E-state index contributed by atoms with van der Waals surface area (Å²) in [5, 5.41) is 3.23. The van der Waals surface area contributed by atoms with Crippen LogP contribution in [-0.2, 0) is 16.9 Å². The molecule has 14 heavy (non-hydrogen) atoms. The van der Waals surface area contributed by atoms with Crippen LogP contribution in [0.1, 0.15) is 44.1 Å². The van der Waals surface area contributed by atoms with Crippen molar-refractivity contribution in [2.24, 2.45) is 0 Å². The van der Waals surface area contributed by atoms with Gasteiger partial charge in [0.05, 0.1) is 29.6 Å². The highest BCUT2D eigenvalue weighted by atomic mass is 16.5. The third-order valence-corrected chi connectivity index (χ3v) is 2.89. The summed E-state index contributed by atoms with van der Waals surface area (Å²) < 4.78 is 5.45. The van der Waals surface area contributed by atoms with E-state index in [0.29, 0.717) is 6.61 Å². The predicted molar refractivity (Wildman–Crippen MR) is 53.9 cm³/mol. The Morgan fingerprint density at radius 1 is 1.57 bits per heavy atom. The fourth-order valence-corrected chi connectivity index (χ4v) is 1.57. The topological polar surface area (TPSA) is 49.9 Å². The Hall–Kier alpha value is -0.870. The van der Waals surface area contributed by atoms with Crippen molar-refractivity contribution in [3.8, 4) is 0 Å². The van der Waals surface area contributed by atoms with Crippen molar-refractivity contribution >= 4 is 0 Å². The highest BCUT2D eigenvalue weighted by molar-refractivity contribution is 5.22. The van der Waals surface area contributed by atoms with Gasteiger partial charge in [-0.1, -0.05) is 0 Å². The maximum atomic E-state index is 5.45.